The lowest BCUT2D eigenvalue weighted by molar-refractivity contribution is -0.129. The Balaban J connectivity index is 1.86. The molecule has 0 unspecified atom stereocenters. The van der Waals surface area contributed by atoms with E-state index >= 15 is 0 Å². The fourth-order valence-corrected chi connectivity index (χ4v) is 5.02. The van der Waals surface area contributed by atoms with Gasteiger partial charge in [-0.15, -0.1) is 0 Å². The summed E-state index contributed by atoms with van der Waals surface area (Å²) >= 11 is 0. The fraction of sp³-hybridized carbons (Fsp3) is 0.280. The van der Waals surface area contributed by atoms with Gasteiger partial charge in [-0.25, -0.2) is 17.6 Å². The summed E-state index contributed by atoms with van der Waals surface area (Å²) in [4.78, 5) is 26.6. The molecule has 8 nitrogen and oxygen atoms in total. The van der Waals surface area contributed by atoms with Gasteiger partial charge in [0, 0.05) is 47.6 Å². The monoisotopic (exact) mass is 500 g/mol. The number of sulfone groups is 1. The van der Waals surface area contributed by atoms with Crippen LogP contribution in [0.4, 0.5) is 4.39 Å². The Morgan fingerprint density at radius 3 is 2.49 bits per heavy atom. The number of benzene rings is 2. The molecule has 10 heteroatoms. The Hall–Kier alpha value is -3.50. The summed E-state index contributed by atoms with van der Waals surface area (Å²) in [7, 11) is -3.45. The number of para-hydroxylation sites is 1. The van der Waals surface area contributed by atoms with E-state index in [1.54, 1.807) is 30.0 Å². The topological polar surface area (TPSA) is 106 Å². The van der Waals surface area contributed by atoms with E-state index in [0.29, 0.717) is 48.3 Å². The van der Waals surface area contributed by atoms with Crippen LogP contribution >= 0.6 is 0 Å². The number of rotatable bonds is 6. The standard InChI is InChI=1S/C25H25FN2O6S/c1-16(12-23(29)27-8-10-34-11-9-27)20-5-3-4-17-13-22(25(30)31)28(24(17)20)19-7-6-18(21(26)14-19)15-35(2,32)33/h3-7,12-14H,8-11,15H2,1-2H3,(H,30,31)/b16-12+. The van der Waals surface area contributed by atoms with Crippen molar-refractivity contribution in [1.82, 2.24) is 9.47 Å². The molecular weight excluding hydrogens is 475 g/mol. The quantitative estimate of drug-likeness (QED) is 0.521. The fourth-order valence-electron chi connectivity index (χ4n) is 4.22. The van der Waals surface area contributed by atoms with Gasteiger partial charge in [-0.1, -0.05) is 24.3 Å². The molecule has 2 heterocycles. The number of carboxylic acids is 1. The van der Waals surface area contributed by atoms with E-state index in [2.05, 4.69) is 0 Å². The van der Waals surface area contributed by atoms with Gasteiger partial charge >= 0.3 is 5.97 Å². The summed E-state index contributed by atoms with van der Waals surface area (Å²) in [5.41, 5.74) is 1.89. The maximum absolute atomic E-state index is 14.8. The highest BCUT2D eigenvalue weighted by Crippen LogP contribution is 2.32. The van der Waals surface area contributed by atoms with E-state index in [1.165, 1.54) is 28.8 Å². The predicted octanol–water partition coefficient (Wildman–Crippen LogP) is 3.27. The highest BCUT2D eigenvalue weighted by atomic mass is 32.2. The highest BCUT2D eigenvalue weighted by molar-refractivity contribution is 7.89. The van der Waals surface area contributed by atoms with Gasteiger partial charge in [0.1, 0.15) is 11.5 Å². The van der Waals surface area contributed by atoms with Crippen LogP contribution in [0.15, 0.2) is 48.5 Å². The first kappa shape index (κ1) is 24.6. The van der Waals surface area contributed by atoms with Crippen molar-refractivity contribution in [3.8, 4) is 5.69 Å². The van der Waals surface area contributed by atoms with Crippen LogP contribution in [-0.4, -0.2) is 67.4 Å². The highest BCUT2D eigenvalue weighted by Gasteiger charge is 2.21. The number of halogens is 1. The van der Waals surface area contributed by atoms with Crippen molar-refractivity contribution in [3.05, 3.63) is 71.2 Å². The minimum Gasteiger partial charge on any atom is -0.477 e. The van der Waals surface area contributed by atoms with Gasteiger partial charge < -0.3 is 19.3 Å². The number of carbonyl (C=O) groups excluding carboxylic acids is 1. The number of morpholine rings is 1. The zero-order valence-corrected chi connectivity index (χ0v) is 20.1. The molecule has 0 aliphatic carbocycles. The van der Waals surface area contributed by atoms with Crippen molar-refractivity contribution in [1.29, 1.82) is 0 Å². The molecule has 1 aliphatic heterocycles. The number of allylic oxidation sites excluding steroid dienone is 1. The van der Waals surface area contributed by atoms with Crippen molar-refractivity contribution in [2.45, 2.75) is 12.7 Å². The van der Waals surface area contributed by atoms with Gasteiger partial charge in [-0.05, 0) is 30.7 Å². The number of nitrogens with zero attached hydrogens (tertiary/aromatic N) is 2. The lowest BCUT2D eigenvalue weighted by Gasteiger charge is -2.26. The maximum atomic E-state index is 14.8. The van der Waals surface area contributed by atoms with E-state index in [1.807, 2.05) is 0 Å². The van der Waals surface area contributed by atoms with Crippen molar-refractivity contribution >= 4 is 38.2 Å². The molecular formula is C25H25FN2O6S. The van der Waals surface area contributed by atoms with Crippen LogP contribution < -0.4 is 0 Å². The third-order valence-corrected chi connectivity index (χ3v) is 6.68. The van der Waals surface area contributed by atoms with Gasteiger partial charge in [0.05, 0.1) is 24.5 Å². The van der Waals surface area contributed by atoms with E-state index in [9.17, 15) is 27.5 Å². The smallest absolute Gasteiger partial charge is 0.352 e. The molecule has 35 heavy (non-hydrogen) atoms. The number of aromatic carboxylic acids is 1. The lowest BCUT2D eigenvalue weighted by Crippen LogP contribution is -2.39. The van der Waals surface area contributed by atoms with Crippen molar-refractivity contribution in [2.75, 3.05) is 32.6 Å². The average Bonchev–Trinajstić information content (AvgIpc) is 3.20. The molecule has 1 aromatic heterocycles. The summed E-state index contributed by atoms with van der Waals surface area (Å²) < 4.78 is 44.8. The normalized spacial score (nSPS) is 14.9. The number of ether oxygens (including phenoxy) is 1. The Kier molecular flexibility index (Phi) is 6.77. The number of carbonyl (C=O) groups is 2. The van der Waals surface area contributed by atoms with Crippen LogP contribution in [0.1, 0.15) is 28.5 Å². The van der Waals surface area contributed by atoms with Crippen molar-refractivity contribution in [3.63, 3.8) is 0 Å². The van der Waals surface area contributed by atoms with Crippen LogP contribution in [0.5, 0.6) is 0 Å². The minimum absolute atomic E-state index is 0.00278. The first-order valence-electron chi connectivity index (χ1n) is 10.9. The number of aromatic nitrogens is 1. The molecule has 0 spiro atoms. The van der Waals surface area contributed by atoms with E-state index in [4.69, 9.17) is 4.74 Å². The summed E-state index contributed by atoms with van der Waals surface area (Å²) in [6.07, 6.45) is 2.52. The molecule has 2 aromatic carbocycles. The number of hydrogen-bond acceptors (Lipinski definition) is 5. The Labute approximate surface area is 202 Å². The van der Waals surface area contributed by atoms with E-state index in [0.717, 1.165) is 12.3 Å². The zero-order chi connectivity index (χ0) is 25.3. The first-order valence-corrected chi connectivity index (χ1v) is 13.0. The van der Waals surface area contributed by atoms with Crippen LogP contribution in [0, 0.1) is 5.82 Å². The van der Waals surface area contributed by atoms with Crippen LogP contribution in [0.25, 0.3) is 22.2 Å². The van der Waals surface area contributed by atoms with Gasteiger partial charge in [-0.2, -0.15) is 0 Å². The van der Waals surface area contributed by atoms with Crippen molar-refractivity contribution in [2.24, 2.45) is 0 Å². The Morgan fingerprint density at radius 1 is 1.14 bits per heavy atom. The van der Waals surface area contributed by atoms with E-state index in [-0.39, 0.29) is 22.9 Å². The second-order valence-electron chi connectivity index (χ2n) is 8.52. The maximum Gasteiger partial charge on any atom is 0.352 e. The molecule has 1 fully saturated rings. The number of fused-ring (bicyclic) bond motifs is 1. The second kappa shape index (κ2) is 9.63. The van der Waals surface area contributed by atoms with Crippen molar-refractivity contribution < 1.29 is 32.2 Å². The lowest BCUT2D eigenvalue weighted by atomic mass is 10.0. The summed E-state index contributed by atoms with van der Waals surface area (Å²) in [5.74, 6) is -2.60. The molecule has 1 N–H and O–H groups in total. The SMILES string of the molecule is C/C(=C\C(=O)N1CCOCC1)c1cccc2cc(C(=O)O)n(-c3ccc(CS(C)(=O)=O)c(F)c3)c12. The number of hydrogen-bond donors (Lipinski definition) is 1. The van der Waals surface area contributed by atoms with Gasteiger partial charge in [0.15, 0.2) is 9.84 Å². The van der Waals surface area contributed by atoms with Crippen LogP contribution in [-0.2, 0) is 25.1 Å². The molecule has 0 radical (unpaired) electrons. The summed E-state index contributed by atoms with van der Waals surface area (Å²) in [6.45, 7) is 3.69. The summed E-state index contributed by atoms with van der Waals surface area (Å²) in [5, 5.41) is 10.5. The van der Waals surface area contributed by atoms with Gasteiger partial charge in [-0.3, -0.25) is 4.79 Å². The average molecular weight is 501 g/mol. The van der Waals surface area contributed by atoms with E-state index < -0.39 is 27.4 Å². The third kappa shape index (κ3) is 5.28. The first-order chi connectivity index (χ1) is 16.5. The molecule has 1 amide bonds. The molecule has 1 saturated heterocycles. The molecule has 0 atom stereocenters. The molecule has 1 aliphatic rings. The largest absolute Gasteiger partial charge is 0.477 e. The number of amides is 1. The summed E-state index contributed by atoms with van der Waals surface area (Å²) in [6, 6.07) is 10.7. The minimum atomic E-state index is -3.45. The predicted molar refractivity (Wildman–Crippen MR) is 130 cm³/mol. The number of carboxylic acid groups (broad SMARTS) is 1. The molecule has 0 bridgehead atoms. The molecule has 4 rings (SSSR count). The molecule has 184 valence electrons. The Bertz CT molecular complexity index is 1450. The third-order valence-electron chi connectivity index (χ3n) is 5.84. The molecule has 3 aromatic rings. The second-order valence-corrected chi connectivity index (χ2v) is 10.7. The van der Waals surface area contributed by atoms with Crippen LogP contribution in [0.2, 0.25) is 0 Å². The zero-order valence-electron chi connectivity index (χ0n) is 19.3. The Morgan fingerprint density at radius 2 is 1.86 bits per heavy atom. The van der Waals surface area contributed by atoms with Gasteiger partial charge in [0.2, 0.25) is 5.91 Å². The molecule has 0 saturated carbocycles. The van der Waals surface area contributed by atoms with Crippen LogP contribution in [0.3, 0.4) is 0 Å². The van der Waals surface area contributed by atoms with Gasteiger partial charge in [0.25, 0.3) is 0 Å².